The number of carbonyl (C=O) groups excluding carboxylic acids is 1. The van der Waals surface area contributed by atoms with Crippen LogP contribution in [0.4, 0.5) is 0 Å². The lowest BCUT2D eigenvalue weighted by atomic mass is 9.93. The Morgan fingerprint density at radius 3 is 2.36 bits per heavy atom. The first-order chi connectivity index (χ1) is 19.1. The molecule has 0 aliphatic carbocycles. The Labute approximate surface area is 228 Å². The number of methoxy groups -OCH3 is 2. The maximum absolute atomic E-state index is 12.7. The number of hydrogen-bond acceptors (Lipinski definition) is 8. The third-order valence-corrected chi connectivity index (χ3v) is 6.77. The quantitative estimate of drug-likeness (QED) is 0.184. The van der Waals surface area contributed by atoms with Gasteiger partial charge in [0.2, 0.25) is 0 Å². The van der Waals surface area contributed by atoms with Gasteiger partial charge in [-0.05, 0) is 48.0 Å². The van der Waals surface area contributed by atoms with E-state index in [0.717, 1.165) is 53.8 Å². The average molecular weight is 526 g/mol. The number of hydrogen-bond donors (Lipinski definition) is 0. The van der Waals surface area contributed by atoms with Crippen LogP contribution in [0, 0.1) is 0 Å². The SMILES string of the molecule is Bc1cncc2c(C(=O)OC)c(OC)c(-c3ccc(-c4ccc(OCCOC5CCCCO5)cc4)cc3)nc12. The zero-order valence-electron chi connectivity index (χ0n) is 22.4. The number of benzene rings is 2. The predicted molar refractivity (Wildman–Crippen MR) is 152 cm³/mol. The summed E-state index contributed by atoms with van der Waals surface area (Å²) < 4.78 is 27.9. The molecule has 1 aliphatic heterocycles. The van der Waals surface area contributed by atoms with Gasteiger partial charge in [0.1, 0.15) is 31.5 Å². The molecule has 0 bridgehead atoms. The number of fused-ring (bicyclic) bond motifs is 1. The second kappa shape index (κ2) is 12.3. The van der Waals surface area contributed by atoms with Gasteiger partial charge < -0.3 is 23.7 Å². The van der Waals surface area contributed by atoms with Crippen LogP contribution in [0.1, 0.15) is 29.6 Å². The molecule has 200 valence electrons. The van der Waals surface area contributed by atoms with Crippen molar-refractivity contribution in [3.05, 3.63) is 66.5 Å². The number of rotatable bonds is 9. The van der Waals surface area contributed by atoms with Gasteiger partial charge in [-0.15, -0.1) is 0 Å². The Kier molecular flexibility index (Phi) is 8.39. The molecule has 1 aliphatic rings. The van der Waals surface area contributed by atoms with Crippen molar-refractivity contribution < 1.29 is 28.5 Å². The summed E-state index contributed by atoms with van der Waals surface area (Å²) in [5, 5.41) is 0.593. The van der Waals surface area contributed by atoms with Crippen LogP contribution in [0.5, 0.6) is 11.5 Å². The van der Waals surface area contributed by atoms with Crippen LogP contribution < -0.4 is 14.9 Å². The van der Waals surface area contributed by atoms with Crippen LogP contribution >= 0.6 is 0 Å². The van der Waals surface area contributed by atoms with E-state index < -0.39 is 5.97 Å². The second-order valence-electron chi connectivity index (χ2n) is 9.33. The first kappa shape index (κ1) is 26.7. The van der Waals surface area contributed by atoms with E-state index in [1.165, 1.54) is 14.2 Å². The molecule has 0 N–H and O–H groups in total. The van der Waals surface area contributed by atoms with Crippen LogP contribution in [0.15, 0.2) is 60.9 Å². The van der Waals surface area contributed by atoms with Crippen LogP contribution in [0.3, 0.4) is 0 Å². The molecule has 1 fully saturated rings. The van der Waals surface area contributed by atoms with E-state index in [0.29, 0.717) is 41.1 Å². The minimum atomic E-state index is -0.499. The number of esters is 1. The molecule has 2 aromatic carbocycles. The first-order valence-corrected chi connectivity index (χ1v) is 13.1. The van der Waals surface area contributed by atoms with Crippen molar-refractivity contribution in [3.8, 4) is 33.9 Å². The molecular formula is C30H31BN2O6. The van der Waals surface area contributed by atoms with E-state index in [-0.39, 0.29) is 6.29 Å². The zero-order chi connectivity index (χ0) is 27.2. The molecule has 0 saturated carbocycles. The summed E-state index contributed by atoms with van der Waals surface area (Å²) >= 11 is 0. The van der Waals surface area contributed by atoms with Gasteiger partial charge in [-0.3, -0.25) is 4.98 Å². The van der Waals surface area contributed by atoms with E-state index in [9.17, 15) is 4.79 Å². The fraction of sp³-hybridized carbons (Fsp3) is 0.300. The van der Waals surface area contributed by atoms with Gasteiger partial charge in [0, 0.05) is 30.0 Å². The van der Waals surface area contributed by atoms with Crippen molar-refractivity contribution in [2.45, 2.75) is 25.6 Å². The van der Waals surface area contributed by atoms with Crippen LogP contribution in [0.25, 0.3) is 33.3 Å². The Morgan fingerprint density at radius 1 is 0.974 bits per heavy atom. The predicted octanol–water partition coefficient (Wildman–Crippen LogP) is 3.94. The molecule has 39 heavy (non-hydrogen) atoms. The third-order valence-electron chi connectivity index (χ3n) is 6.77. The molecule has 0 amide bonds. The number of nitrogens with zero attached hydrogens (tertiary/aromatic N) is 2. The van der Waals surface area contributed by atoms with Crippen molar-refractivity contribution in [3.63, 3.8) is 0 Å². The Morgan fingerprint density at radius 2 is 1.69 bits per heavy atom. The molecule has 2 aromatic heterocycles. The molecule has 1 atom stereocenters. The van der Waals surface area contributed by atoms with Gasteiger partial charge >= 0.3 is 5.97 Å². The summed E-state index contributed by atoms with van der Waals surface area (Å²) in [6, 6.07) is 15.9. The molecule has 0 spiro atoms. The number of ether oxygens (including phenoxy) is 5. The number of pyridine rings is 2. The van der Waals surface area contributed by atoms with Gasteiger partial charge in [-0.1, -0.05) is 36.4 Å². The highest BCUT2D eigenvalue weighted by Gasteiger charge is 2.24. The maximum Gasteiger partial charge on any atom is 0.342 e. The smallest absolute Gasteiger partial charge is 0.342 e. The highest BCUT2D eigenvalue weighted by molar-refractivity contribution is 6.38. The molecule has 0 radical (unpaired) electrons. The average Bonchev–Trinajstić information content (AvgIpc) is 2.99. The van der Waals surface area contributed by atoms with Gasteiger partial charge in [0.05, 0.1) is 26.3 Å². The highest BCUT2D eigenvalue weighted by Crippen LogP contribution is 2.37. The van der Waals surface area contributed by atoms with Crippen LogP contribution in [0.2, 0.25) is 0 Å². The largest absolute Gasteiger partial charge is 0.494 e. The highest BCUT2D eigenvalue weighted by atomic mass is 16.7. The molecule has 5 rings (SSSR count). The third kappa shape index (κ3) is 5.89. The second-order valence-corrected chi connectivity index (χ2v) is 9.33. The van der Waals surface area contributed by atoms with Gasteiger partial charge in [-0.2, -0.15) is 0 Å². The van der Waals surface area contributed by atoms with Gasteiger partial charge in [0.15, 0.2) is 12.0 Å². The van der Waals surface area contributed by atoms with Crippen LogP contribution in [-0.4, -0.2) is 64.1 Å². The van der Waals surface area contributed by atoms with Crippen LogP contribution in [-0.2, 0) is 14.2 Å². The summed E-state index contributed by atoms with van der Waals surface area (Å²) in [5.41, 5.74) is 5.32. The van der Waals surface area contributed by atoms with Gasteiger partial charge in [-0.25, -0.2) is 9.78 Å². The van der Waals surface area contributed by atoms with E-state index in [1.807, 2.05) is 56.4 Å². The van der Waals surface area contributed by atoms with Crippen molar-refractivity contribution in [1.29, 1.82) is 0 Å². The summed E-state index contributed by atoms with van der Waals surface area (Å²) in [6.45, 7) is 1.73. The zero-order valence-corrected chi connectivity index (χ0v) is 22.4. The van der Waals surface area contributed by atoms with Crippen molar-refractivity contribution in [2.24, 2.45) is 0 Å². The van der Waals surface area contributed by atoms with Crippen molar-refractivity contribution >= 4 is 30.2 Å². The molecular weight excluding hydrogens is 495 g/mol. The van der Waals surface area contributed by atoms with Crippen molar-refractivity contribution in [1.82, 2.24) is 9.97 Å². The van der Waals surface area contributed by atoms with E-state index in [2.05, 4.69) is 4.98 Å². The summed E-state index contributed by atoms with van der Waals surface area (Å²) in [5.74, 6) is 0.643. The van der Waals surface area contributed by atoms with Crippen molar-refractivity contribution in [2.75, 3.05) is 34.0 Å². The van der Waals surface area contributed by atoms with Gasteiger partial charge in [0.25, 0.3) is 0 Å². The van der Waals surface area contributed by atoms with E-state index in [4.69, 9.17) is 28.7 Å². The maximum atomic E-state index is 12.7. The minimum absolute atomic E-state index is 0.106. The number of carbonyl (C=O) groups is 1. The Balaban J connectivity index is 1.33. The monoisotopic (exact) mass is 526 g/mol. The van der Waals surface area contributed by atoms with E-state index >= 15 is 0 Å². The lowest BCUT2D eigenvalue weighted by Crippen LogP contribution is -2.24. The Hall–Kier alpha value is -3.95. The summed E-state index contributed by atoms with van der Waals surface area (Å²) in [7, 11) is 4.78. The number of aromatic nitrogens is 2. The minimum Gasteiger partial charge on any atom is -0.494 e. The Bertz CT molecular complexity index is 1440. The summed E-state index contributed by atoms with van der Waals surface area (Å²) in [4.78, 5) is 21.8. The lowest BCUT2D eigenvalue weighted by Gasteiger charge is -2.22. The van der Waals surface area contributed by atoms with E-state index in [1.54, 1.807) is 12.4 Å². The lowest BCUT2D eigenvalue weighted by molar-refractivity contribution is -0.165. The molecule has 3 heterocycles. The first-order valence-electron chi connectivity index (χ1n) is 13.1. The fourth-order valence-electron chi connectivity index (χ4n) is 4.74. The standard InChI is InChI=1S/C30H31BN2O6/c1-35-29-26(30(34)36-2)23-17-32-18-24(31)28(23)33-27(29)21-8-6-19(7-9-21)20-10-12-22(13-11-20)37-15-16-39-25-5-3-4-14-38-25/h6-13,17-18,25H,3-5,14-16,31H2,1-2H3. The molecule has 9 heteroatoms. The molecule has 1 unspecified atom stereocenters. The molecule has 4 aromatic rings. The molecule has 8 nitrogen and oxygen atoms in total. The topological polar surface area (TPSA) is 89.0 Å². The normalized spacial score (nSPS) is 15.2. The molecule has 1 saturated heterocycles. The summed E-state index contributed by atoms with van der Waals surface area (Å²) in [6.07, 6.45) is 6.43. The fourth-order valence-corrected chi connectivity index (χ4v) is 4.74.